The predicted octanol–water partition coefficient (Wildman–Crippen LogP) is 1.49. The van der Waals surface area contributed by atoms with Crippen molar-refractivity contribution in [3.63, 3.8) is 0 Å². The zero-order valence-corrected chi connectivity index (χ0v) is 12.5. The van der Waals surface area contributed by atoms with Crippen LogP contribution in [-0.2, 0) is 4.74 Å². The molecule has 2 N–H and O–H groups in total. The molecule has 0 aliphatic rings. The molecule has 7 nitrogen and oxygen atoms in total. The number of aryl methyl sites for hydroxylation is 1. The van der Waals surface area contributed by atoms with Gasteiger partial charge in [-0.25, -0.2) is 9.89 Å². The van der Waals surface area contributed by atoms with Gasteiger partial charge < -0.3 is 10.1 Å². The second-order valence-electron chi connectivity index (χ2n) is 4.24. The fourth-order valence-electron chi connectivity index (χ4n) is 1.70. The van der Waals surface area contributed by atoms with Gasteiger partial charge in [0.2, 0.25) is 0 Å². The number of hydrogen-bond donors (Lipinski definition) is 2. The summed E-state index contributed by atoms with van der Waals surface area (Å²) in [4.78, 5) is 35.7. The fraction of sp³-hybridized carbons (Fsp3) is 0.231. The Labute approximate surface area is 124 Å². The van der Waals surface area contributed by atoms with E-state index >= 15 is 0 Å². The molecule has 0 spiro atoms. The number of ether oxygens (including phenoxy) is 1. The molecule has 1 amide bonds. The highest BCUT2D eigenvalue weighted by Crippen LogP contribution is 2.33. The molecule has 0 saturated heterocycles. The number of aromatic amines is 1. The number of aromatic nitrogens is 2. The molecule has 0 radical (unpaired) electrons. The van der Waals surface area contributed by atoms with Gasteiger partial charge in [0, 0.05) is 10.9 Å². The van der Waals surface area contributed by atoms with Crippen LogP contribution in [0.25, 0.3) is 0 Å². The van der Waals surface area contributed by atoms with Gasteiger partial charge in [0.15, 0.2) is 0 Å². The Kier molecular flexibility index (Phi) is 4.18. The summed E-state index contributed by atoms with van der Waals surface area (Å²) in [5.74, 6) is -1.03. The van der Waals surface area contributed by atoms with Crippen LogP contribution >= 0.6 is 11.3 Å². The average Bonchev–Trinajstić information content (AvgIpc) is 2.73. The first kappa shape index (κ1) is 14.9. The van der Waals surface area contributed by atoms with Gasteiger partial charge in [-0.3, -0.25) is 9.59 Å². The van der Waals surface area contributed by atoms with Gasteiger partial charge in [-0.05, 0) is 25.5 Å². The molecule has 0 aromatic carbocycles. The van der Waals surface area contributed by atoms with Gasteiger partial charge >= 0.3 is 5.97 Å². The molecule has 21 heavy (non-hydrogen) atoms. The first-order valence-electron chi connectivity index (χ1n) is 5.99. The molecule has 0 aliphatic carbocycles. The van der Waals surface area contributed by atoms with Crippen molar-refractivity contribution >= 4 is 28.2 Å². The van der Waals surface area contributed by atoms with Crippen LogP contribution in [-0.4, -0.2) is 29.2 Å². The van der Waals surface area contributed by atoms with Crippen LogP contribution < -0.4 is 10.9 Å². The van der Waals surface area contributed by atoms with Crippen LogP contribution in [0.3, 0.4) is 0 Å². The van der Waals surface area contributed by atoms with E-state index in [1.165, 1.54) is 30.6 Å². The average molecular weight is 307 g/mol. The van der Waals surface area contributed by atoms with Crippen LogP contribution in [0.1, 0.15) is 31.3 Å². The molecule has 0 aliphatic heterocycles. The summed E-state index contributed by atoms with van der Waals surface area (Å²) in [5, 5.41) is 8.83. The van der Waals surface area contributed by atoms with Gasteiger partial charge in [0.25, 0.3) is 11.5 Å². The number of nitrogens with one attached hydrogen (secondary N) is 2. The minimum absolute atomic E-state index is 0.0501. The minimum atomic E-state index is -0.516. The molecule has 2 aromatic rings. The molecule has 0 bridgehead atoms. The quantitative estimate of drug-likeness (QED) is 0.837. The standard InChI is InChI=1S/C13H13N3O4S/c1-6-7(2)21-12(10(6)13(19)20-3)14-11(18)8-4-5-9(17)16-15-8/h4-5H,1-3H3,(H,14,18)(H,16,17). The number of carbonyl (C=O) groups excluding carboxylic acids is 2. The first-order valence-corrected chi connectivity index (χ1v) is 6.81. The number of rotatable bonds is 3. The molecule has 2 rings (SSSR count). The van der Waals surface area contributed by atoms with Crippen molar-refractivity contribution in [2.45, 2.75) is 13.8 Å². The third-order valence-electron chi connectivity index (χ3n) is 2.91. The van der Waals surface area contributed by atoms with Crippen LogP contribution in [0.4, 0.5) is 5.00 Å². The van der Waals surface area contributed by atoms with Crippen molar-refractivity contribution in [1.29, 1.82) is 0 Å². The Bertz CT molecular complexity index is 743. The van der Waals surface area contributed by atoms with E-state index in [1.807, 2.05) is 6.92 Å². The summed E-state index contributed by atoms with van der Waals surface area (Å²) >= 11 is 1.28. The lowest BCUT2D eigenvalue weighted by Gasteiger charge is -2.05. The van der Waals surface area contributed by atoms with E-state index in [0.717, 1.165) is 10.4 Å². The fourth-order valence-corrected chi connectivity index (χ4v) is 2.74. The first-order chi connectivity index (χ1) is 9.93. The summed E-state index contributed by atoms with van der Waals surface area (Å²) in [6.07, 6.45) is 0. The number of methoxy groups -OCH3 is 1. The zero-order valence-electron chi connectivity index (χ0n) is 11.6. The molecule has 0 unspecified atom stereocenters. The summed E-state index contributed by atoms with van der Waals surface area (Å²) in [6, 6.07) is 2.51. The molecule has 0 fully saturated rings. The number of nitrogens with zero attached hydrogens (tertiary/aromatic N) is 1. The number of esters is 1. The second-order valence-corrected chi connectivity index (χ2v) is 5.46. The van der Waals surface area contributed by atoms with E-state index in [9.17, 15) is 14.4 Å². The highest BCUT2D eigenvalue weighted by atomic mass is 32.1. The molecular weight excluding hydrogens is 294 g/mol. The number of anilines is 1. The monoisotopic (exact) mass is 307 g/mol. The third-order valence-corrected chi connectivity index (χ3v) is 4.04. The predicted molar refractivity (Wildman–Crippen MR) is 77.9 cm³/mol. The van der Waals surface area contributed by atoms with Crippen LogP contribution in [0.15, 0.2) is 16.9 Å². The van der Waals surface area contributed by atoms with Gasteiger partial charge in [-0.2, -0.15) is 5.10 Å². The summed E-state index contributed by atoms with van der Waals surface area (Å²) in [6.45, 7) is 3.63. The summed E-state index contributed by atoms with van der Waals surface area (Å²) < 4.78 is 4.73. The number of amides is 1. The molecule has 2 aromatic heterocycles. The van der Waals surface area contributed by atoms with E-state index < -0.39 is 17.4 Å². The second kappa shape index (κ2) is 5.88. The van der Waals surface area contributed by atoms with Crippen LogP contribution in [0.2, 0.25) is 0 Å². The van der Waals surface area contributed by atoms with Crippen LogP contribution in [0, 0.1) is 13.8 Å². The van der Waals surface area contributed by atoms with E-state index in [-0.39, 0.29) is 5.69 Å². The van der Waals surface area contributed by atoms with Gasteiger partial charge in [0.1, 0.15) is 10.7 Å². The largest absolute Gasteiger partial charge is 0.465 e. The maximum Gasteiger partial charge on any atom is 0.341 e. The lowest BCUT2D eigenvalue weighted by Crippen LogP contribution is -2.18. The summed E-state index contributed by atoms with van der Waals surface area (Å²) in [7, 11) is 1.28. The van der Waals surface area contributed by atoms with Gasteiger partial charge in [-0.1, -0.05) is 0 Å². The third kappa shape index (κ3) is 3.00. The highest BCUT2D eigenvalue weighted by molar-refractivity contribution is 7.16. The molecule has 110 valence electrons. The number of carbonyl (C=O) groups is 2. The SMILES string of the molecule is COC(=O)c1c(NC(=O)c2ccc(=O)[nH]n2)sc(C)c1C. The van der Waals surface area contributed by atoms with Gasteiger partial charge in [0.05, 0.1) is 12.7 Å². The molecule has 8 heteroatoms. The molecule has 0 saturated carbocycles. The number of H-pyrrole nitrogens is 1. The maximum absolute atomic E-state index is 12.1. The smallest absolute Gasteiger partial charge is 0.341 e. The van der Waals surface area contributed by atoms with Gasteiger partial charge in [-0.15, -0.1) is 11.3 Å². The zero-order chi connectivity index (χ0) is 15.6. The Morgan fingerprint density at radius 3 is 2.62 bits per heavy atom. The molecule has 2 heterocycles. The van der Waals surface area contributed by atoms with Crippen molar-refractivity contribution in [2.24, 2.45) is 0 Å². The number of hydrogen-bond acceptors (Lipinski definition) is 6. The van der Waals surface area contributed by atoms with Crippen molar-refractivity contribution in [3.05, 3.63) is 44.2 Å². The lowest BCUT2D eigenvalue weighted by molar-refractivity contribution is 0.0601. The highest BCUT2D eigenvalue weighted by Gasteiger charge is 2.22. The Morgan fingerprint density at radius 2 is 2.05 bits per heavy atom. The Hall–Kier alpha value is -2.48. The maximum atomic E-state index is 12.1. The van der Waals surface area contributed by atoms with E-state index in [1.54, 1.807) is 6.92 Å². The Balaban J connectivity index is 2.33. The van der Waals surface area contributed by atoms with E-state index in [2.05, 4.69) is 15.5 Å². The van der Waals surface area contributed by atoms with Crippen molar-refractivity contribution in [2.75, 3.05) is 12.4 Å². The van der Waals surface area contributed by atoms with E-state index in [4.69, 9.17) is 4.74 Å². The van der Waals surface area contributed by atoms with Crippen molar-refractivity contribution in [3.8, 4) is 0 Å². The molecule has 0 atom stereocenters. The Morgan fingerprint density at radius 1 is 1.33 bits per heavy atom. The van der Waals surface area contributed by atoms with Crippen LogP contribution in [0.5, 0.6) is 0 Å². The number of thiophene rings is 1. The lowest BCUT2D eigenvalue weighted by atomic mass is 10.1. The molecular formula is C13H13N3O4S. The minimum Gasteiger partial charge on any atom is -0.465 e. The van der Waals surface area contributed by atoms with Crippen molar-refractivity contribution < 1.29 is 14.3 Å². The topological polar surface area (TPSA) is 101 Å². The van der Waals surface area contributed by atoms with E-state index in [0.29, 0.717) is 10.6 Å². The van der Waals surface area contributed by atoms with Crippen molar-refractivity contribution in [1.82, 2.24) is 10.2 Å². The normalized spacial score (nSPS) is 10.2. The summed E-state index contributed by atoms with van der Waals surface area (Å²) in [5.41, 5.74) is 0.744.